The summed E-state index contributed by atoms with van der Waals surface area (Å²) in [5, 5.41) is 13.6. The van der Waals surface area contributed by atoms with Crippen LogP contribution in [0.4, 0.5) is 0 Å². The van der Waals surface area contributed by atoms with E-state index < -0.39 is 6.10 Å². The Labute approximate surface area is 148 Å². The van der Waals surface area contributed by atoms with E-state index in [0.29, 0.717) is 13.1 Å². The molecular formula is C21H22N2O2. The molecule has 0 aliphatic heterocycles. The molecule has 3 aromatic rings. The summed E-state index contributed by atoms with van der Waals surface area (Å²) in [4.78, 5) is 4.16. The highest BCUT2D eigenvalue weighted by molar-refractivity contribution is 5.62. The van der Waals surface area contributed by atoms with Crippen molar-refractivity contribution < 1.29 is 9.84 Å². The van der Waals surface area contributed by atoms with E-state index in [1.165, 1.54) is 5.56 Å². The number of nitrogens with zero attached hydrogens (tertiary/aromatic N) is 1. The van der Waals surface area contributed by atoms with Gasteiger partial charge >= 0.3 is 0 Å². The quantitative estimate of drug-likeness (QED) is 0.693. The van der Waals surface area contributed by atoms with Crippen molar-refractivity contribution in [3.63, 3.8) is 0 Å². The number of ether oxygens (including phenoxy) is 1. The van der Waals surface area contributed by atoms with Gasteiger partial charge in [0.05, 0.1) is 13.2 Å². The summed E-state index contributed by atoms with van der Waals surface area (Å²) in [7, 11) is 1.62. The van der Waals surface area contributed by atoms with Crippen LogP contribution in [0.5, 0.6) is 5.75 Å². The zero-order valence-corrected chi connectivity index (χ0v) is 14.2. The van der Waals surface area contributed by atoms with Crippen molar-refractivity contribution in [1.82, 2.24) is 10.3 Å². The van der Waals surface area contributed by atoms with Crippen molar-refractivity contribution in [3.05, 3.63) is 84.2 Å². The maximum atomic E-state index is 10.3. The lowest BCUT2D eigenvalue weighted by atomic mass is 10.0. The van der Waals surface area contributed by atoms with Gasteiger partial charge < -0.3 is 15.2 Å². The number of aliphatic hydroxyl groups excluding tert-OH is 1. The van der Waals surface area contributed by atoms with Gasteiger partial charge in [-0.1, -0.05) is 36.4 Å². The third-order valence-corrected chi connectivity index (χ3v) is 4.07. The second-order valence-electron chi connectivity index (χ2n) is 5.87. The van der Waals surface area contributed by atoms with Crippen molar-refractivity contribution in [1.29, 1.82) is 0 Å². The smallest absolute Gasteiger partial charge is 0.119 e. The van der Waals surface area contributed by atoms with Crippen LogP contribution in [0.25, 0.3) is 11.1 Å². The van der Waals surface area contributed by atoms with Crippen molar-refractivity contribution in [2.24, 2.45) is 0 Å². The molecule has 0 saturated heterocycles. The molecule has 0 fully saturated rings. The zero-order chi connectivity index (χ0) is 17.5. The van der Waals surface area contributed by atoms with E-state index in [2.05, 4.69) is 28.5 Å². The molecular weight excluding hydrogens is 312 g/mol. The van der Waals surface area contributed by atoms with Gasteiger partial charge in [-0.15, -0.1) is 0 Å². The Bertz CT molecular complexity index is 806. The average molecular weight is 334 g/mol. The van der Waals surface area contributed by atoms with Crippen LogP contribution >= 0.6 is 0 Å². The maximum Gasteiger partial charge on any atom is 0.119 e. The topological polar surface area (TPSA) is 54.4 Å². The summed E-state index contributed by atoms with van der Waals surface area (Å²) in [5.41, 5.74) is 4.25. The summed E-state index contributed by atoms with van der Waals surface area (Å²) < 4.78 is 5.20. The first-order chi connectivity index (χ1) is 12.3. The predicted octanol–water partition coefficient (Wildman–Crippen LogP) is 3.58. The van der Waals surface area contributed by atoms with Gasteiger partial charge in [0.25, 0.3) is 0 Å². The summed E-state index contributed by atoms with van der Waals surface area (Å²) in [6, 6.07) is 19.8. The van der Waals surface area contributed by atoms with Gasteiger partial charge in [0, 0.05) is 25.5 Å². The number of hydrogen-bond donors (Lipinski definition) is 2. The predicted molar refractivity (Wildman–Crippen MR) is 99.3 cm³/mol. The first-order valence-electron chi connectivity index (χ1n) is 8.28. The largest absolute Gasteiger partial charge is 0.497 e. The van der Waals surface area contributed by atoms with Gasteiger partial charge in [-0.25, -0.2) is 0 Å². The standard InChI is InChI=1S/C21H22N2O2/c1-25-20-9-3-7-18(12-20)21(24)15-23-13-16-5-2-6-17(11-16)19-8-4-10-22-14-19/h2-12,14,21,23-24H,13,15H2,1H3. The van der Waals surface area contributed by atoms with Crippen molar-refractivity contribution >= 4 is 0 Å². The molecule has 0 spiro atoms. The van der Waals surface area contributed by atoms with Crippen molar-refractivity contribution in [3.8, 4) is 16.9 Å². The fourth-order valence-electron chi connectivity index (χ4n) is 2.71. The van der Waals surface area contributed by atoms with Crippen LogP contribution in [0, 0.1) is 0 Å². The Hall–Kier alpha value is -2.69. The van der Waals surface area contributed by atoms with Crippen molar-refractivity contribution in [2.75, 3.05) is 13.7 Å². The molecule has 3 rings (SSSR count). The van der Waals surface area contributed by atoms with E-state index in [1.807, 2.05) is 48.7 Å². The van der Waals surface area contributed by atoms with Crippen LogP contribution in [0.1, 0.15) is 17.2 Å². The van der Waals surface area contributed by atoms with Gasteiger partial charge in [0.1, 0.15) is 5.75 Å². The minimum Gasteiger partial charge on any atom is -0.497 e. The first-order valence-corrected chi connectivity index (χ1v) is 8.28. The van der Waals surface area contributed by atoms with Crippen LogP contribution < -0.4 is 10.1 Å². The van der Waals surface area contributed by atoms with Crippen LogP contribution in [-0.2, 0) is 6.54 Å². The molecule has 1 unspecified atom stereocenters. The minimum atomic E-state index is -0.573. The van der Waals surface area contributed by atoms with E-state index in [-0.39, 0.29) is 0 Å². The number of pyridine rings is 1. The SMILES string of the molecule is COc1cccc(C(O)CNCc2cccc(-c3cccnc3)c2)c1. The number of hydrogen-bond acceptors (Lipinski definition) is 4. The first kappa shape index (κ1) is 17.1. The number of aromatic nitrogens is 1. The molecule has 1 atom stereocenters. The molecule has 2 aromatic carbocycles. The molecule has 25 heavy (non-hydrogen) atoms. The van der Waals surface area contributed by atoms with Gasteiger partial charge in [0.2, 0.25) is 0 Å². The third-order valence-electron chi connectivity index (χ3n) is 4.07. The lowest BCUT2D eigenvalue weighted by Crippen LogP contribution is -2.21. The molecule has 0 bridgehead atoms. The van der Waals surface area contributed by atoms with Crippen LogP contribution in [0.3, 0.4) is 0 Å². The van der Waals surface area contributed by atoms with E-state index in [4.69, 9.17) is 4.74 Å². The third kappa shape index (κ3) is 4.66. The van der Waals surface area contributed by atoms with Gasteiger partial charge in [-0.3, -0.25) is 4.98 Å². The molecule has 0 aliphatic rings. The van der Waals surface area contributed by atoms with Gasteiger partial charge in [-0.05, 0) is 46.5 Å². The lowest BCUT2D eigenvalue weighted by molar-refractivity contribution is 0.174. The Morgan fingerprint density at radius 2 is 1.88 bits per heavy atom. The highest BCUT2D eigenvalue weighted by atomic mass is 16.5. The lowest BCUT2D eigenvalue weighted by Gasteiger charge is -2.13. The number of methoxy groups -OCH3 is 1. The Morgan fingerprint density at radius 3 is 2.68 bits per heavy atom. The Kier molecular flexibility index (Phi) is 5.77. The van der Waals surface area contributed by atoms with Gasteiger partial charge in [0.15, 0.2) is 0 Å². The molecule has 1 aromatic heterocycles. The molecule has 0 aliphatic carbocycles. The van der Waals surface area contributed by atoms with Crippen LogP contribution in [0.2, 0.25) is 0 Å². The number of rotatable bonds is 7. The molecule has 0 radical (unpaired) electrons. The molecule has 4 heteroatoms. The fraction of sp³-hybridized carbons (Fsp3) is 0.190. The highest BCUT2D eigenvalue weighted by Crippen LogP contribution is 2.20. The van der Waals surface area contributed by atoms with E-state index in [1.54, 1.807) is 13.3 Å². The number of nitrogens with one attached hydrogen (secondary N) is 1. The second kappa shape index (κ2) is 8.42. The summed E-state index contributed by atoms with van der Waals surface area (Å²) in [6.07, 6.45) is 3.06. The monoisotopic (exact) mass is 334 g/mol. The molecule has 2 N–H and O–H groups in total. The molecule has 0 amide bonds. The maximum absolute atomic E-state index is 10.3. The highest BCUT2D eigenvalue weighted by Gasteiger charge is 2.08. The molecule has 1 heterocycles. The van der Waals surface area contributed by atoms with Crippen molar-refractivity contribution in [2.45, 2.75) is 12.6 Å². The van der Waals surface area contributed by atoms with E-state index in [0.717, 1.165) is 22.4 Å². The van der Waals surface area contributed by atoms with Crippen LogP contribution in [-0.4, -0.2) is 23.7 Å². The van der Waals surface area contributed by atoms with E-state index >= 15 is 0 Å². The summed E-state index contributed by atoms with van der Waals surface area (Å²) >= 11 is 0. The minimum absolute atomic E-state index is 0.476. The summed E-state index contributed by atoms with van der Waals surface area (Å²) in [6.45, 7) is 1.17. The number of benzene rings is 2. The second-order valence-corrected chi connectivity index (χ2v) is 5.87. The van der Waals surface area contributed by atoms with Gasteiger partial charge in [-0.2, -0.15) is 0 Å². The van der Waals surface area contributed by atoms with Crippen LogP contribution in [0.15, 0.2) is 73.1 Å². The zero-order valence-electron chi connectivity index (χ0n) is 14.2. The average Bonchev–Trinajstić information content (AvgIpc) is 2.69. The summed E-state index contributed by atoms with van der Waals surface area (Å²) in [5.74, 6) is 0.751. The molecule has 4 nitrogen and oxygen atoms in total. The molecule has 128 valence electrons. The van der Waals surface area contributed by atoms with E-state index in [9.17, 15) is 5.11 Å². The fourth-order valence-corrected chi connectivity index (χ4v) is 2.71. The Morgan fingerprint density at radius 1 is 1.04 bits per heavy atom. The normalized spacial score (nSPS) is 11.9. The Balaban J connectivity index is 1.58. The molecule has 0 saturated carbocycles. The number of aliphatic hydroxyl groups is 1.